The van der Waals surface area contributed by atoms with Gasteiger partial charge in [0.25, 0.3) is 0 Å². The van der Waals surface area contributed by atoms with E-state index < -0.39 is 0 Å². The second kappa shape index (κ2) is 3.42. The molecule has 0 amide bonds. The maximum Gasteiger partial charge on any atom is 0.231 e. The molecule has 1 atom stereocenters. The molecule has 0 saturated carbocycles. The lowest BCUT2D eigenvalue weighted by Crippen LogP contribution is -3.11. The van der Waals surface area contributed by atoms with Crippen molar-refractivity contribution in [2.24, 2.45) is 0 Å². The zero-order valence-corrected chi connectivity index (χ0v) is 9.01. The standard InChI is InChI=1S/C12H15NO2/c1-2-13-4-3-9-5-11-12(15-8-14-11)6-10(9)7-13/h5-6H,2-4,7-8H2,1H3/p+1. The number of likely N-dealkylation sites (N-methyl/N-ethyl adjacent to an activating group) is 1. The van der Waals surface area contributed by atoms with E-state index in [0.29, 0.717) is 6.79 Å². The van der Waals surface area contributed by atoms with Crippen LogP contribution in [-0.2, 0) is 13.0 Å². The first-order chi connectivity index (χ1) is 7.36. The third kappa shape index (κ3) is 1.47. The van der Waals surface area contributed by atoms with Crippen molar-refractivity contribution in [3.8, 4) is 11.5 Å². The maximum absolute atomic E-state index is 5.40. The summed E-state index contributed by atoms with van der Waals surface area (Å²) in [6.07, 6.45) is 1.16. The van der Waals surface area contributed by atoms with Gasteiger partial charge in [-0.2, -0.15) is 0 Å². The quantitative estimate of drug-likeness (QED) is 0.717. The Balaban J connectivity index is 1.97. The zero-order chi connectivity index (χ0) is 10.3. The molecule has 80 valence electrons. The Morgan fingerprint density at radius 2 is 1.93 bits per heavy atom. The van der Waals surface area contributed by atoms with E-state index in [0.717, 1.165) is 24.5 Å². The van der Waals surface area contributed by atoms with E-state index in [9.17, 15) is 0 Å². The molecule has 15 heavy (non-hydrogen) atoms. The molecule has 0 aliphatic carbocycles. The molecule has 2 aliphatic heterocycles. The van der Waals surface area contributed by atoms with E-state index in [4.69, 9.17) is 9.47 Å². The molecule has 2 heterocycles. The number of fused-ring (bicyclic) bond motifs is 2. The second-order valence-electron chi connectivity index (χ2n) is 4.25. The second-order valence-corrected chi connectivity index (χ2v) is 4.25. The van der Waals surface area contributed by atoms with E-state index in [2.05, 4.69) is 19.1 Å². The normalized spacial score (nSPS) is 22.6. The summed E-state index contributed by atoms with van der Waals surface area (Å²) < 4.78 is 10.8. The van der Waals surface area contributed by atoms with Crippen LogP contribution in [-0.4, -0.2) is 19.9 Å². The fourth-order valence-corrected chi connectivity index (χ4v) is 2.39. The predicted molar refractivity (Wildman–Crippen MR) is 56.3 cm³/mol. The minimum Gasteiger partial charge on any atom is -0.454 e. The maximum atomic E-state index is 5.40. The van der Waals surface area contributed by atoms with Crippen LogP contribution in [0.5, 0.6) is 11.5 Å². The van der Waals surface area contributed by atoms with Gasteiger partial charge in [-0.1, -0.05) is 0 Å². The number of ether oxygens (including phenoxy) is 2. The Morgan fingerprint density at radius 3 is 2.67 bits per heavy atom. The van der Waals surface area contributed by atoms with Gasteiger partial charge in [-0.15, -0.1) is 0 Å². The Hall–Kier alpha value is -1.22. The first kappa shape index (κ1) is 9.04. The molecular weight excluding hydrogens is 190 g/mol. The summed E-state index contributed by atoms with van der Waals surface area (Å²) in [6.45, 7) is 6.19. The van der Waals surface area contributed by atoms with Gasteiger partial charge in [0.15, 0.2) is 11.5 Å². The van der Waals surface area contributed by atoms with Crippen LogP contribution in [0.1, 0.15) is 18.1 Å². The molecule has 3 rings (SSSR count). The van der Waals surface area contributed by atoms with Crippen LogP contribution >= 0.6 is 0 Å². The third-order valence-electron chi connectivity index (χ3n) is 3.38. The van der Waals surface area contributed by atoms with Gasteiger partial charge in [0, 0.05) is 12.0 Å². The summed E-state index contributed by atoms with van der Waals surface area (Å²) in [6, 6.07) is 4.32. The van der Waals surface area contributed by atoms with Crippen molar-refractivity contribution in [1.29, 1.82) is 0 Å². The van der Waals surface area contributed by atoms with Crippen molar-refractivity contribution in [2.75, 3.05) is 19.9 Å². The first-order valence-electron chi connectivity index (χ1n) is 5.62. The smallest absolute Gasteiger partial charge is 0.231 e. The molecule has 1 N–H and O–H groups in total. The Labute approximate surface area is 89.6 Å². The largest absolute Gasteiger partial charge is 0.454 e. The number of hydrogen-bond donors (Lipinski definition) is 1. The van der Waals surface area contributed by atoms with Gasteiger partial charge >= 0.3 is 0 Å². The van der Waals surface area contributed by atoms with Crippen molar-refractivity contribution < 1.29 is 14.4 Å². The molecule has 0 spiro atoms. The van der Waals surface area contributed by atoms with Crippen molar-refractivity contribution in [2.45, 2.75) is 19.9 Å². The molecule has 1 aromatic carbocycles. The average molecular weight is 206 g/mol. The molecule has 3 nitrogen and oxygen atoms in total. The van der Waals surface area contributed by atoms with Crippen molar-refractivity contribution >= 4 is 0 Å². The summed E-state index contributed by atoms with van der Waals surface area (Å²) >= 11 is 0. The first-order valence-corrected chi connectivity index (χ1v) is 5.62. The van der Waals surface area contributed by atoms with Crippen LogP contribution in [0.15, 0.2) is 12.1 Å². The fraction of sp³-hybridized carbons (Fsp3) is 0.500. The Bertz CT molecular complexity index is 389. The summed E-state index contributed by atoms with van der Waals surface area (Å²) in [5.74, 6) is 1.85. The van der Waals surface area contributed by atoms with Crippen LogP contribution in [0.25, 0.3) is 0 Å². The van der Waals surface area contributed by atoms with Crippen LogP contribution < -0.4 is 14.4 Å². The number of rotatable bonds is 1. The minimum absolute atomic E-state index is 0.378. The molecule has 1 aromatic rings. The lowest BCUT2D eigenvalue weighted by atomic mass is 9.99. The minimum atomic E-state index is 0.378. The lowest BCUT2D eigenvalue weighted by Gasteiger charge is -2.24. The van der Waals surface area contributed by atoms with Crippen LogP contribution in [0, 0.1) is 0 Å². The van der Waals surface area contributed by atoms with Gasteiger partial charge in [0.1, 0.15) is 6.54 Å². The SMILES string of the molecule is CC[NH+]1CCc2cc3c(cc2C1)OCO3. The van der Waals surface area contributed by atoms with Gasteiger partial charge in [0.05, 0.1) is 13.1 Å². The van der Waals surface area contributed by atoms with E-state index in [1.165, 1.54) is 24.2 Å². The number of hydrogen-bond acceptors (Lipinski definition) is 2. The summed E-state index contributed by atoms with van der Waals surface area (Å²) in [5, 5.41) is 0. The van der Waals surface area contributed by atoms with Crippen molar-refractivity contribution in [3.05, 3.63) is 23.3 Å². The third-order valence-corrected chi connectivity index (χ3v) is 3.38. The summed E-state index contributed by atoms with van der Waals surface area (Å²) in [4.78, 5) is 1.65. The van der Waals surface area contributed by atoms with Gasteiger partial charge in [-0.3, -0.25) is 0 Å². The van der Waals surface area contributed by atoms with Crippen LogP contribution in [0.2, 0.25) is 0 Å². The highest BCUT2D eigenvalue weighted by atomic mass is 16.7. The molecule has 0 bridgehead atoms. The number of benzene rings is 1. The zero-order valence-electron chi connectivity index (χ0n) is 9.01. The Morgan fingerprint density at radius 1 is 1.20 bits per heavy atom. The molecule has 0 fully saturated rings. The lowest BCUT2D eigenvalue weighted by molar-refractivity contribution is -0.914. The van der Waals surface area contributed by atoms with Crippen molar-refractivity contribution in [1.82, 2.24) is 0 Å². The van der Waals surface area contributed by atoms with E-state index in [-0.39, 0.29) is 0 Å². The summed E-state index contributed by atoms with van der Waals surface area (Å²) in [7, 11) is 0. The number of quaternary nitrogens is 1. The highest BCUT2D eigenvalue weighted by molar-refractivity contribution is 5.48. The monoisotopic (exact) mass is 206 g/mol. The fourth-order valence-electron chi connectivity index (χ4n) is 2.39. The average Bonchev–Trinajstić information content (AvgIpc) is 2.72. The highest BCUT2D eigenvalue weighted by Crippen LogP contribution is 2.35. The molecule has 0 aromatic heterocycles. The van der Waals surface area contributed by atoms with Crippen LogP contribution in [0.4, 0.5) is 0 Å². The molecule has 3 heteroatoms. The molecule has 0 saturated heterocycles. The molecular formula is C12H16NO2+. The number of nitrogens with one attached hydrogen (secondary N) is 1. The van der Waals surface area contributed by atoms with E-state index in [1.54, 1.807) is 4.90 Å². The predicted octanol–water partition coefficient (Wildman–Crippen LogP) is 0.376. The summed E-state index contributed by atoms with van der Waals surface area (Å²) in [5.41, 5.74) is 2.87. The van der Waals surface area contributed by atoms with Gasteiger partial charge in [-0.05, 0) is 24.6 Å². The molecule has 2 aliphatic rings. The topological polar surface area (TPSA) is 22.9 Å². The van der Waals surface area contributed by atoms with Gasteiger partial charge in [-0.25, -0.2) is 0 Å². The van der Waals surface area contributed by atoms with Crippen LogP contribution in [0.3, 0.4) is 0 Å². The van der Waals surface area contributed by atoms with Crippen molar-refractivity contribution in [3.63, 3.8) is 0 Å². The highest BCUT2D eigenvalue weighted by Gasteiger charge is 2.23. The molecule has 0 radical (unpaired) electrons. The van der Waals surface area contributed by atoms with E-state index in [1.807, 2.05) is 0 Å². The van der Waals surface area contributed by atoms with Gasteiger partial charge < -0.3 is 14.4 Å². The Kier molecular flexibility index (Phi) is 2.06. The molecule has 1 unspecified atom stereocenters. The van der Waals surface area contributed by atoms with Gasteiger partial charge in [0.2, 0.25) is 6.79 Å². The van der Waals surface area contributed by atoms with E-state index >= 15 is 0 Å².